The quantitative estimate of drug-likeness (QED) is 0.755. The van der Waals surface area contributed by atoms with E-state index in [2.05, 4.69) is 24.0 Å². The summed E-state index contributed by atoms with van der Waals surface area (Å²) >= 11 is 1.54. The number of nitrogens with zero attached hydrogens (tertiary/aromatic N) is 4. The Morgan fingerprint density at radius 1 is 1.32 bits per heavy atom. The van der Waals surface area contributed by atoms with Gasteiger partial charge in [0, 0.05) is 25.9 Å². The summed E-state index contributed by atoms with van der Waals surface area (Å²) in [6.45, 7) is 4.13. The fourth-order valence-electron chi connectivity index (χ4n) is 1.84. The van der Waals surface area contributed by atoms with Crippen molar-refractivity contribution in [1.29, 1.82) is 0 Å². The van der Waals surface area contributed by atoms with Gasteiger partial charge in [0.15, 0.2) is 5.16 Å². The molecule has 1 aromatic carbocycles. The highest BCUT2D eigenvalue weighted by Crippen LogP contribution is 2.24. The van der Waals surface area contributed by atoms with Crippen molar-refractivity contribution < 1.29 is 8.42 Å². The molecule has 0 aliphatic rings. The van der Waals surface area contributed by atoms with E-state index in [4.69, 9.17) is 0 Å². The molecule has 0 amide bonds. The van der Waals surface area contributed by atoms with Gasteiger partial charge in [0.1, 0.15) is 6.33 Å². The van der Waals surface area contributed by atoms with Crippen molar-refractivity contribution in [1.82, 2.24) is 19.1 Å². The van der Waals surface area contributed by atoms with Gasteiger partial charge in [-0.2, -0.15) is 0 Å². The lowest BCUT2D eigenvalue weighted by Crippen LogP contribution is -2.22. The summed E-state index contributed by atoms with van der Waals surface area (Å²) in [5, 5.41) is 8.86. The topological polar surface area (TPSA) is 68.1 Å². The van der Waals surface area contributed by atoms with Crippen LogP contribution in [0.25, 0.3) is 0 Å². The van der Waals surface area contributed by atoms with Crippen molar-refractivity contribution in [3.8, 4) is 0 Å². The molecule has 2 aromatic rings. The third-order valence-electron chi connectivity index (χ3n) is 3.14. The van der Waals surface area contributed by atoms with Gasteiger partial charge in [0.2, 0.25) is 10.0 Å². The third kappa shape index (κ3) is 3.68. The molecule has 8 heteroatoms. The van der Waals surface area contributed by atoms with Gasteiger partial charge in [-0.3, -0.25) is 0 Å². The highest BCUT2D eigenvalue weighted by molar-refractivity contribution is 7.98. The SMILES string of the molecule is CC(C)n1cnnc1SCc1cccc(S(=O)(=O)N(C)C)c1. The van der Waals surface area contributed by atoms with Gasteiger partial charge in [-0.05, 0) is 31.5 Å². The molecular weight excluding hydrogens is 320 g/mol. The largest absolute Gasteiger partial charge is 0.306 e. The van der Waals surface area contributed by atoms with Crippen molar-refractivity contribution in [2.24, 2.45) is 0 Å². The van der Waals surface area contributed by atoms with Crippen LogP contribution in [0.1, 0.15) is 25.5 Å². The van der Waals surface area contributed by atoms with E-state index >= 15 is 0 Å². The Balaban J connectivity index is 2.16. The van der Waals surface area contributed by atoms with Gasteiger partial charge in [0.05, 0.1) is 4.90 Å². The summed E-state index contributed by atoms with van der Waals surface area (Å²) in [5.41, 5.74) is 0.936. The lowest BCUT2D eigenvalue weighted by atomic mass is 10.2. The molecule has 0 fully saturated rings. The lowest BCUT2D eigenvalue weighted by Gasteiger charge is -2.12. The third-order valence-corrected chi connectivity index (χ3v) is 5.98. The molecule has 1 aromatic heterocycles. The van der Waals surface area contributed by atoms with E-state index in [9.17, 15) is 8.42 Å². The van der Waals surface area contributed by atoms with E-state index in [0.29, 0.717) is 10.6 Å². The number of hydrogen-bond acceptors (Lipinski definition) is 5. The van der Waals surface area contributed by atoms with Crippen molar-refractivity contribution in [3.05, 3.63) is 36.2 Å². The highest BCUT2D eigenvalue weighted by Gasteiger charge is 2.17. The molecule has 0 saturated carbocycles. The number of rotatable bonds is 6. The molecule has 0 aliphatic carbocycles. The van der Waals surface area contributed by atoms with Crippen LogP contribution in [-0.2, 0) is 15.8 Å². The maximum atomic E-state index is 12.2. The average Bonchev–Trinajstić information content (AvgIpc) is 2.94. The van der Waals surface area contributed by atoms with Crippen LogP contribution in [0.5, 0.6) is 0 Å². The second-order valence-corrected chi connectivity index (χ2v) is 8.43. The molecule has 0 atom stereocenters. The van der Waals surface area contributed by atoms with Crippen LogP contribution >= 0.6 is 11.8 Å². The minimum absolute atomic E-state index is 0.290. The Kier molecular flexibility index (Phi) is 5.25. The first-order valence-electron chi connectivity index (χ1n) is 6.86. The maximum Gasteiger partial charge on any atom is 0.242 e. The molecule has 0 spiro atoms. The van der Waals surface area contributed by atoms with E-state index in [0.717, 1.165) is 10.7 Å². The van der Waals surface area contributed by atoms with E-state index in [1.165, 1.54) is 18.4 Å². The molecule has 1 heterocycles. The fraction of sp³-hybridized carbons (Fsp3) is 0.429. The molecule has 0 bridgehead atoms. The number of sulfonamides is 1. The number of hydrogen-bond donors (Lipinski definition) is 0. The predicted octanol–water partition coefficient (Wildman–Crippen LogP) is 2.40. The van der Waals surface area contributed by atoms with Crippen molar-refractivity contribution in [3.63, 3.8) is 0 Å². The Morgan fingerprint density at radius 2 is 2.05 bits per heavy atom. The maximum absolute atomic E-state index is 12.2. The smallest absolute Gasteiger partial charge is 0.242 e. The normalized spacial score (nSPS) is 12.3. The zero-order chi connectivity index (χ0) is 16.3. The second kappa shape index (κ2) is 6.80. The van der Waals surface area contributed by atoms with Crippen LogP contribution < -0.4 is 0 Å². The fourth-order valence-corrected chi connectivity index (χ4v) is 3.80. The van der Waals surface area contributed by atoms with Crippen LogP contribution in [0.2, 0.25) is 0 Å². The molecule has 0 unspecified atom stereocenters. The van der Waals surface area contributed by atoms with Crippen LogP contribution in [0.15, 0.2) is 40.6 Å². The molecule has 0 aliphatic heterocycles. The molecule has 0 saturated heterocycles. The van der Waals surface area contributed by atoms with Crippen molar-refractivity contribution in [2.75, 3.05) is 14.1 Å². The van der Waals surface area contributed by atoms with Gasteiger partial charge in [-0.15, -0.1) is 10.2 Å². The van der Waals surface area contributed by atoms with E-state index in [-0.39, 0.29) is 6.04 Å². The molecule has 22 heavy (non-hydrogen) atoms. The number of thioether (sulfide) groups is 1. The molecular formula is C14H20N4O2S2. The van der Waals surface area contributed by atoms with Gasteiger partial charge < -0.3 is 4.57 Å². The molecule has 2 rings (SSSR count). The Morgan fingerprint density at radius 3 is 2.68 bits per heavy atom. The summed E-state index contributed by atoms with van der Waals surface area (Å²) in [6, 6.07) is 7.29. The van der Waals surface area contributed by atoms with Gasteiger partial charge in [0.25, 0.3) is 0 Å². The Hall–Kier alpha value is -1.38. The average molecular weight is 340 g/mol. The first-order chi connectivity index (χ1) is 10.3. The molecule has 120 valence electrons. The van der Waals surface area contributed by atoms with Crippen molar-refractivity contribution >= 4 is 21.8 Å². The summed E-state index contributed by atoms with van der Waals surface area (Å²) < 4.78 is 27.5. The summed E-state index contributed by atoms with van der Waals surface area (Å²) in [6.07, 6.45) is 1.71. The van der Waals surface area contributed by atoms with Crippen LogP contribution in [0.3, 0.4) is 0 Å². The van der Waals surface area contributed by atoms with Crippen LogP contribution in [-0.4, -0.2) is 41.6 Å². The van der Waals surface area contributed by atoms with Crippen LogP contribution in [0, 0.1) is 0 Å². The first kappa shape index (κ1) is 17.0. The van der Waals surface area contributed by atoms with E-state index in [1.807, 2.05) is 10.6 Å². The Bertz CT molecular complexity index is 739. The molecule has 0 N–H and O–H groups in total. The first-order valence-corrected chi connectivity index (χ1v) is 9.28. The van der Waals surface area contributed by atoms with Gasteiger partial charge in [-0.25, -0.2) is 12.7 Å². The van der Waals surface area contributed by atoms with Gasteiger partial charge in [-0.1, -0.05) is 23.9 Å². The summed E-state index contributed by atoms with van der Waals surface area (Å²) in [5.74, 6) is 0.641. The summed E-state index contributed by atoms with van der Waals surface area (Å²) in [4.78, 5) is 0.306. The standard InChI is InChI=1S/C14H20N4O2S2/c1-11(2)18-10-15-16-14(18)21-9-12-6-5-7-13(8-12)22(19,20)17(3)4/h5-8,10-11H,9H2,1-4H3. The second-order valence-electron chi connectivity index (χ2n) is 5.34. The lowest BCUT2D eigenvalue weighted by molar-refractivity contribution is 0.520. The minimum Gasteiger partial charge on any atom is -0.306 e. The molecule has 6 nitrogen and oxygen atoms in total. The van der Waals surface area contributed by atoms with Crippen molar-refractivity contribution in [2.45, 2.75) is 35.7 Å². The van der Waals surface area contributed by atoms with E-state index in [1.54, 1.807) is 36.3 Å². The highest BCUT2D eigenvalue weighted by atomic mass is 32.2. The number of aromatic nitrogens is 3. The van der Waals surface area contributed by atoms with Crippen LogP contribution in [0.4, 0.5) is 0 Å². The zero-order valence-corrected chi connectivity index (χ0v) is 14.7. The predicted molar refractivity (Wildman–Crippen MR) is 87.3 cm³/mol. The number of benzene rings is 1. The minimum atomic E-state index is -3.40. The molecule has 0 radical (unpaired) electrons. The van der Waals surface area contributed by atoms with E-state index < -0.39 is 10.0 Å². The summed E-state index contributed by atoms with van der Waals surface area (Å²) in [7, 11) is -0.343. The Labute approximate surface area is 135 Å². The zero-order valence-electron chi connectivity index (χ0n) is 13.1. The monoisotopic (exact) mass is 340 g/mol. The van der Waals surface area contributed by atoms with Gasteiger partial charge >= 0.3 is 0 Å².